The van der Waals surface area contributed by atoms with Crippen molar-refractivity contribution in [3.05, 3.63) is 92.3 Å². The Morgan fingerprint density at radius 2 is 1.87 bits per heavy atom. The molecule has 2 heterocycles. The molecule has 0 spiro atoms. The topological polar surface area (TPSA) is 122 Å². The molecular weight excluding hydrogens is 548 g/mol. The number of carbonyl (C=O) groups is 2. The van der Waals surface area contributed by atoms with Crippen molar-refractivity contribution in [2.45, 2.75) is 32.2 Å². The highest BCUT2D eigenvalue weighted by Gasteiger charge is 2.24. The maximum absolute atomic E-state index is 14.3. The molecule has 9 nitrogen and oxygen atoms in total. The van der Waals surface area contributed by atoms with E-state index in [9.17, 15) is 18.8 Å². The molecule has 0 saturated carbocycles. The Hall–Kier alpha value is -4.02. The van der Waals surface area contributed by atoms with Crippen molar-refractivity contribution < 1.29 is 18.7 Å². The number of rotatable bonds is 10. The van der Waals surface area contributed by atoms with Gasteiger partial charge in [-0.15, -0.1) is 5.10 Å². The third-order valence-corrected chi connectivity index (χ3v) is 6.58. The van der Waals surface area contributed by atoms with Crippen LogP contribution in [0.5, 0.6) is 5.75 Å². The minimum atomic E-state index is -0.900. The number of amides is 1. The molecule has 2 aromatic carbocycles. The maximum Gasteiger partial charge on any atom is 0.252 e. The largest absolute Gasteiger partial charge is 0.495 e. The van der Waals surface area contributed by atoms with E-state index in [1.165, 1.54) is 47.0 Å². The molecule has 2 N–H and O–H groups in total. The zero-order chi connectivity index (χ0) is 28.3. The van der Waals surface area contributed by atoms with E-state index in [1.807, 2.05) is 6.92 Å². The van der Waals surface area contributed by atoms with E-state index in [0.717, 1.165) is 6.07 Å². The van der Waals surface area contributed by atoms with Crippen LogP contribution in [-0.2, 0) is 11.2 Å². The molecule has 12 heteroatoms. The number of halogens is 3. The number of hydrogen-bond acceptors (Lipinski definition) is 6. The highest BCUT2D eigenvalue weighted by atomic mass is 35.5. The first kappa shape index (κ1) is 28.0. The van der Waals surface area contributed by atoms with Crippen molar-refractivity contribution in [3.63, 3.8) is 0 Å². The van der Waals surface area contributed by atoms with Crippen LogP contribution in [0.3, 0.4) is 0 Å². The number of ether oxygens (including phenoxy) is 1. The molecule has 1 atom stereocenters. The Labute approximate surface area is 232 Å². The Morgan fingerprint density at radius 3 is 2.49 bits per heavy atom. The first-order valence-corrected chi connectivity index (χ1v) is 12.7. The highest BCUT2D eigenvalue weighted by molar-refractivity contribution is 6.31. The third-order valence-electron chi connectivity index (χ3n) is 6.17. The fourth-order valence-corrected chi connectivity index (χ4v) is 4.64. The maximum atomic E-state index is 14.3. The lowest BCUT2D eigenvalue weighted by Crippen LogP contribution is -2.30. The van der Waals surface area contributed by atoms with Gasteiger partial charge in [0.25, 0.3) is 11.5 Å². The number of benzene rings is 2. The van der Waals surface area contributed by atoms with Gasteiger partial charge in [0.15, 0.2) is 10.9 Å². The normalized spacial score (nSPS) is 11.8. The van der Waals surface area contributed by atoms with E-state index >= 15 is 0 Å². The zero-order valence-electron chi connectivity index (χ0n) is 21.0. The summed E-state index contributed by atoms with van der Waals surface area (Å²) in [5, 5.41) is 8.41. The van der Waals surface area contributed by atoms with Crippen LogP contribution in [0.1, 0.15) is 41.7 Å². The molecule has 0 radical (unpaired) electrons. The number of primary amides is 1. The summed E-state index contributed by atoms with van der Waals surface area (Å²) in [4.78, 5) is 38.1. The van der Waals surface area contributed by atoms with Crippen molar-refractivity contribution in [1.29, 1.82) is 0 Å². The van der Waals surface area contributed by atoms with Gasteiger partial charge in [0.05, 0.1) is 36.8 Å². The van der Waals surface area contributed by atoms with Crippen molar-refractivity contribution in [3.8, 4) is 22.6 Å². The van der Waals surface area contributed by atoms with Gasteiger partial charge in [0.2, 0.25) is 0 Å². The number of methoxy groups -OCH3 is 1. The van der Waals surface area contributed by atoms with Gasteiger partial charge in [-0.2, -0.15) is 0 Å². The molecule has 0 bridgehead atoms. The average Bonchev–Trinajstić information content (AvgIpc) is 3.33. The van der Waals surface area contributed by atoms with Gasteiger partial charge in [-0.1, -0.05) is 47.8 Å². The van der Waals surface area contributed by atoms with E-state index in [1.54, 1.807) is 18.2 Å². The smallest absolute Gasteiger partial charge is 0.252 e. The van der Waals surface area contributed by atoms with Crippen LogP contribution in [0.15, 0.2) is 59.7 Å². The zero-order valence-corrected chi connectivity index (χ0v) is 22.5. The number of carbonyl (C=O) groups excluding carboxylic acids is 2. The van der Waals surface area contributed by atoms with Crippen LogP contribution in [0.4, 0.5) is 4.39 Å². The second-order valence-electron chi connectivity index (χ2n) is 8.77. The SMILES string of the molecule is CCC[C@@H](C(=O)Cc1ccc(C(N)=O)c(F)c1)n1cc(OC)c(-c2cc(Cl)ccc2-n2cc(Cl)nn2)cc1=O. The van der Waals surface area contributed by atoms with Gasteiger partial charge in [0, 0.05) is 28.6 Å². The molecule has 202 valence electrons. The van der Waals surface area contributed by atoms with Crippen molar-refractivity contribution >= 4 is 34.9 Å². The number of nitrogens with two attached hydrogens (primary N) is 1. The van der Waals surface area contributed by atoms with Gasteiger partial charge in [-0.05, 0) is 42.3 Å². The standard InChI is InChI=1S/C27H24Cl2FN5O4/c1-3-4-22(23(36)10-15-5-7-17(27(31)38)20(30)9-15)34-13-24(39-2)19(12-26(34)37)18-11-16(28)6-8-21(18)35-14-25(29)32-33-35/h5-9,11-14,22H,3-4,10H2,1-2H3,(H2,31,38)/t22-/m0/s1. The number of pyridine rings is 1. The predicted octanol–water partition coefficient (Wildman–Crippen LogP) is 4.80. The minimum absolute atomic E-state index is 0.150. The number of hydrogen-bond donors (Lipinski definition) is 1. The molecule has 0 unspecified atom stereocenters. The molecule has 4 rings (SSSR count). The highest BCUT2D eigenvalue weighted by Crippen LogP contribution is 2.35. The summed E-state index contributed by atoms with van der Waals surface area (Å²) in [7, 11) is 1.45. The molecule has 39 heavy (non-hydrogen) atoms. The molecule has 0 saturated heterocycles. The Balaban J connectivity index is 1.75. The van der Waals surface area contributed by atoms with Gasteiger partial charge in [0.1, 0.15) is 11.6 Å². The van der Waals surface area contributed by atoms with Crippen LogP contribution < -0.4 is 16.0 Å². The first-order valence-electron chi connectivity index (χ1n) is 11.9. The lowest BCUT2D eigenvalue weighted by atomic mass is 9.98. The van der Waals surface area contributed by atoms with Crippen LogP contribution >= 0.6 is 23.2 Å². The Kier molecular flexibility index (Phi) is 8.47. The van der Waals surface area contributed by atoms with E-state index < -0.39 is 23.3 Å². The molecule has 1 amide bonds. The summed E-state index contributed by atoms with van der Waals surface area (Å²) in [6.07, 6.45) is 3.81. The lowest BCUT2D eigenvalue weighted by molar-refractivity contribution is -0.121. The van der Waals surface area contributed by atoms with Crippen molar-refractivity contribution in [2.75, 3.05) is 7.11 Å². The first-order chi connectivity index (χ1) is 18.6. The number of Topliss-reactive ketones (excluding diaryl/α,β-unsaturated/α-hetero) is 1. The molecule has 0 aliphatic carbocycles. The van der Waals surface area contributed by atoms with Crippen molar-refractivity contribution in [2.24, 2.45) is 5.73 Å². The quantitative estimate of drug-likeness (QED) is 0.291. The molecule has 0 fully saturated rings. The van der Waals surface area contributed by atoms with Crippen molar-refractivity contribution in [1.82, 2.24) is 19.6 Å². The van der Waals surface area contributed by atoms with E-state index in [0.29, 0.717) is 46.0 Å². The van der Waals surface area contributed by atoms with Crippen LogP contribution in [0.25, 0.3) is 16.8 Å². The minimum Gasteiger partial charge on any atom is -0.495 e. The van der Waals surface area contributed by atoms with Crippen LogP contribution in [0.2, 0.25) is 10.2 Å². The second kappa shape index (κ2) is 11.8. The summed E-state index contributed by atoms with van der Waals surface area (Å²) >= 11 is 12.2. The predicted molar refractivity (Wildman–Crippen MR) is 145 cm³/mol. The lowest BCUT2D eigenvalue weighted by Gasteiger charge is -2.21. The summed E-state index contributed by atoms with van der Waals surface area (Å²) in [6.45, 7) is 1.89. The summed E-state index contributed by atoms with van der Waals surface area (Å²) in [5.41, 5.74) is 6.32. The fourth-order valence-electron chi connectivity index (χ4n) is 4.35. The van der Waals surface area contributed by atoms with E-state index in [-0.39, 0.29) is 22.9 Å². The molecule has 0 aliphatic heterocycles. The van der Waals surface area contributed by atoms with Gasteiger partial charge < -0.3 is 15.0 Å². The van der Waals surface area contributed by atoms with E-state index in [4.69, 9.17) is 33.7 Å². The van der Waals surface area contributed by atoms with Gasteiger partial charge in [-0.25, -0.2) is 9.07 Å². The van der Waals surface area contributed by atoms with Gasteiger partial charge >= 0.3 is 0 Å². The summed E-state index contributed by atoms with van der Waals surface area (Å²) in [5.74, 6) is -1.70. The van der Waals surface area contributed by atoms with E-state index in [2.05, 4.69) is 10.3 Å². The second-order valence-corrected chi connectivity index (χ2v) is 9.60. The fraction of sp³-hybridized carbons (Fsp3) is 0.222. The molecular formula is C27H24Cl2FN5O4. The number of nitrogens with zero attached hydrogens (tertiary/aromatic N) is 4. The van der Waals surface area contributed by atoms with Gasteiger partial charge in [-0.3, -0.25) is 14.4 Å². The third kappa shape index (κ3) is 6.02. The van der Waals surface area contributed by atoms with Crippen LogP contribution in [0, 0.1) is 5.82 Å². The van der Waals surface area contributed by atoms with Crippen LogP contribution in [-0.4, -0.2) is 38.4 Å². The average molecular weight is 572 g/mol. The Bertz CT molecular complexity index is 1620. The number of aromatic nitrogens is 4. The molecule has 2 aromatic heterocycles. The Morgan fingerprint density at radius 1 is 1.10 bits per heavy atom. The summed E-state index contributed by atoms with van der Waals surface area (Å²) < 4.78 is 22.7. The molecule has 4 aromatic rings. The number of ketones is 1. The monoisotopic (exact) mass is 571 g/mol. The molecule has 0 aliphatic rings. The summed E-state index contributed by atoms with van der Waals surface area (Å²) in [6, 6.07) is 9.37.